The molecule has 0 spiro atoms. The summed E-state index contributed by atoms with van der Waals surface area (Å²) in [6.07, 6.45) is 2.33. The number of rotatable bonds is 5. The Morgan fingerprint density at radius 3 is 2.68 bits per heavy atom. The molecule has 5 heteroatoms. The fourth-order valence-corrected chi connectivity index (χ4v) is 3.56. The quantitative estimate of drug-likeness (QED) is 0.648. The van der Waals surface area contributed by atoms with Crippen molar-refractivity contribution < 1.29 is 4.74 Å². The van der Waals surface area contributed by atoms with Crippen LogP contribution in [0.5, 0.6) is 5.75 Å². The molecule has 0 bridgehead atoms. The molecule has 0 unspecified atom stereocenters. The normalized spacial score (nSPS) is 13.4. The molecular weight excluding hydrogens is 348 g/mol. The third-order valence-electron chi connectivity index (χ3n) is 4.72. The number of nitrogens with zero attached hydrogens (tertiary/aromatic N) is 3. The number of hydrogen-bond donors (Lipinski definition) is 1. The first-order valence-corrected chi connectivity index (χ1v) is 9.84. The van der Waals surface area contributed by atoms with Crippen molar-refractivity contribution in [2.45, 2.75) is 39.7 Å². The Morgan fingerprint density at radius 1 is 1.04 bits per heavy atom. The zero-order chi connectivity index (χ0) is 19.5. The molecule has 0 amide bonds. The minimum atomic E-state index is 0.0989. The molecule has 0 aliphatic carbocycles. The van der Waals surface area contributed by atoms with E-state index >= 15 is 0 Å². The van der Waals surface area contributed by atoms with E-state index in [2.05, 4.69) is 39.5 Å². The number of hydrogen-bond acceptors (Lipinski definition) is 5. The van der Waals surface area contributed by atoms with Gasteiger partial charge in [0.2, 0.25) is 5.95 Å². The van der Waals surface area contributed by atoms with E-state index in [0.29, 0.717) is 5.95 Å². The first-order valence-electron chi connectivity index (χ1n) is 9.84. The lowest BCUT2D eigenvalue weighted by Gasteiger charge is -2.30. The van der Waals surface area contributed by atoms with E-state index in [-0.39, 0.29) is 6.10 Å². The van der Waals surface area contributed by atoms with Gasteiger partial charge in [-0.15, -0.1) is 0 Å². The Labute approximate surface area is 166 Å². The Balaban J connectivity index is 1.66. The van der Waals surface area contributed by atoms with Crippen LogP contribution in [0.4, 0.5) is 23.1 Å². The van der Waals surface area contributed by atoms with Crippen LogP contribution in [-0.4, -0.2) is 22.6 Å². The standard InChI is InChI=1S/C23H26N4O/c1-16(2)28-21-13-7-5-11-19(21)25-23-24-17(3)15-22(26-23)27-14-8-10-18-9-4-6-12-20(18)27/h4-7,9,11-13,15-16H,8,10,14H2,1-3H3,(H,24,25,26). The lowest BCUT2D eigenvalue weighted by molar-refractivity contribution is 0.244. The van der Waals surface area contributed by atoms with Gasteiger partial charge in [0, 0.05) is 24.0 Å². The summed E-state index contributed by atoms with van der Waals surface area (Å²) in [6, 6.07) is 18.5. The first-order chi connectivity index (χ1) is 13.6. The summed E-state index contributed by atoms with van der Waals surface area (Å²) in [7, 11) is 0. The van der Waals surface area contributed by atoms with Gasteiger partial charge in [-0.05, 0) is 57.4 Å². The van der Waals surface area contributed by atoms with Gasteiger partial charge in [-0.2, -0.15) is 4.98 Å². The van der Waals surface area contributed by atoms with Crippen LogP contribution in [0.3, 0.4) is 0 Å². The second kappa shape index (κ2) is 7.89. The lowest BCUT2D eigenvalue weighted by Crippen LogP contribution is -2.25. The van der Waals surface area contributed by atoms with Gasteiger partial charge in [0.05, 0.1) is 11.8 Å². The van der Waals surface area contributed by atoms with Gasteiger partial charge in [0.25, 0.3) is 0 Å². The van der Waals surface area contributed by atoms with Crippen molar-refractivity contribution in [3.05, 3.63) is 65.9 Å². The van der Waals surface area contributed by atoms with Crippen LogP contribution in [0.2, 0.25) is 0 Å². The van der Waals surface area contributed by atoms with Gasteiger partial charge in [-0.3, -0.25) is 0 Å². The maximum atomic E-state index is 5.91. The number of fused-ring (bicyclic) bond motifs is 1. The molecule has 3 aromatic rings. The molecule has 2 aromatic carbocycles. The molecule has 1 aliphatic rings. The van der Waals surface area contributed by atoms with Crippen molar-refractivity contribution in [2.24, 2.45) is 0 Å². The molecule has 0 fully saturated rings. The number of aryl methyl sites for hydroxylation is 2. The molecule has 1 aromatic heterocycles. The molecule has 1 N–H and O–H groups in total. The minimum absolute atomic E-state index is 0.0989. The van der Waals surface area contributed by atoms with Crippen molar-refractivity contribution in [3.63, 3.8) is 0 Å². The highest BCUT2D eigenvalue weighted by molar-refractivity contribution is 5.68. The summed E-state index contributed by atoms with van der Waals surface area (Å²) < 4.78 is 5.91. The first kappa shape index (κ1) is 18.3. The third-order valence-corrected chi connectivity index (χ3v) is 4.72. The highest BCUT2D eigenvalue weighted by Crippen LogP contribution is 2.33. The second-order valence-electron chi connectivity index (χ2n) is 7.36. The molecule has 0 radical (unpaired) electrons. The molecule has 1 aliphatic heterocycles. The maximum Gasteiger partial charge on any atom is 0.229 e. The molecular formula is C23H26N4O. The van der Waals surface area contributed by atoms with E-state index in [1.807, 2.05) is 51.1 Å². The summed E-state index contributed by atoms with van der Waals surface area (Å²) in [5.74, 6) is 2.30. The van der Waals surface area contributed by atoms with E-state index in [0.717, 1.165) is 42.3 Å². The largest absolute Gasteiger partial charge is 0.489 e. The van der Waals surface area contributed by atoms with Crippen molar-refractivity contribution in [3.8, 4) is 5.75 Å². The predicted octanol–water partition coefficient (Wildman–Crippen LogP) is 5.40. The zero-order valence-electron chi connectivity index (χ0n) is 16.6. The van der Waals surface area contributed by atoms with Crippen LogP contribution in [-0.2, 0) is 6.42 Å². The van der Waals surface area contributed by atoms with E-state index in [4.69, 9.17) is 9.72 Å². The van der Waals surface area contributed by atoms with Gasteiger partial charge in [0.15, 0.2) is 0 Å². The molecule has 0 saturated heterocycles. The smallest absolute Gasteiger partial charge is 0.229 e. The predicted molar refractivity (Wildman–Crippen MR) is 114 cm³/mol. The molecule has 2 heterocycles. The molecule has 28 heavy (non-hydrogen) atoms. The number of anilines is 4. The van der Waals surface area contributed by atoms with E-state index < -0.39 is 0 Å². The maximum absolute atomic E-state index is 5.91. The summed E-state index contributed by atoms with van der Waals surface area (Å²) in [4.78, 5) is 11.7. The topological polar surface area (TPSA) is 50.3 Å². The molecule has 4 rings (SSSR count). The number of aromatic nitrogens is 2. The van der Waals surface area contributed by atoms with Crippen LogP contribution >= 0.6 is 0 Å². The number of ether oxygens (including phenoxy) is 1. The van der Waals surface area contributed by atoms with Crippen LogP contribution < -0.4 is 15.0 Å². The molecule has 0 atom stereocenters. The minimum Gasteiger partial charge on any atom is -0.489 e. The Kier molecular flexibility index (Phi) is 5.15. The average molecular weight is 374 g/mol. The van der Waals surface area contributed by atoms with Crippen LogP contribution in [0, 0.1) is 6.92 Å². The van der Waals surface area contributed by atoms with Crippen molar-refractivity contribution in [1.29, 1.82) is 0 Å². The van der Waals surface area contributed by atoms with Crippen LogP contribution in [0.1, 0.15) is 31.5 Å². The SMILES string of the molecule is Cc1cc(N2CCCc3ccccc32)nc(Nc2ccccc2OC(C)C)n1. The van der Waals surface area contributed by atoms with Crippen LogP contribution in [0.25, 0.3) is 0 Å². The van der Waals surface area contributed by atoms with Gasteiger partial charge in [-0.1, -0.05) is 30.3 Å². The summed E-state index contributed by atoms with van der Waals surface area (Å²) in [5, 5.41) is 3.35. The van der Waals surface area contributed by atoms with Gasteiger partial charge in [-0.25, -0.2) is 4.98 Å². The van der Waals surface area contributed by atoms with Crippen molar-refractivity contribution >= 4 is 23.1 Å². The molecule has 0 saturated carbocycles. The Morgan fingerprint density at radius 2 is 1.82 bits per heavy atom. The lowest BCUT2D eigenvalue weighted by atomic mass is 10.0. The Hall–Kier alpha value is -3.08. The highest BCUT2D eigenvalue weighted by atomic mass is 16.5. The third kappa shape index (κ3) is 3.93. The van der Waals surface area contributed by atoms with Gasteiger partial charge >= 0.3 is 0 Å². The summed E-state index contributed by atoms with van der Waals surface area (Å²) in [6.45, 7) is 7.00. The van der Waals surface area contributed by atoms with Crippen molar-refractivity contribution in [2.75, 3.05) is 16.8 Å². The molecule has 144 valence electrons. The second-order valence-corrected chi connectivity index (χ2v) is 7.36. The number of benzene rings is 2. The van der Waals surface area contributed by atoms with E-state index in [1.54, 1.807) is 0 Å². The van der Waals surface area contributed by atoms with E-state index in [1.165, 1.54) is 11.3 Å². The molecule has 5 nitrogen and oxygen atoms in total. The highest BCUT2D eigenvalue weighted by Gasteiger charge is 2.20. The number of nitrogens with one attached hydrogen (secondary N) is 1. The van der Waals surface area contributed by atoms with Gasteiger partial charge < -0.3 is 15.0 Å². The number of para-hydroxylation sites is 3. The fraction of sp³-hybridized carbons (Fsp3) is 0.304. The van der Waals surface area contributed by atoms with Crippen LogP contribution in [0.15, 0.2) is 54.6 Å². The summed E-state index contributed by atoms with van der Waals surface area (Å²) in [5.41, 5.74) is 4.40. The zero-order valence-corrected chi connectivity index (χ0v) is 16.6. The fourth-order valence-electron chi connectivity index (χ4n) is 3.56. The van der Waals surface area contributed by atoms with Crippen molar-refractivity contribution in [1.82, 2.24) is 9.97 Å². The summed E-state index contributed by atoms with van der Waals surface area (Å²) >= 11 is 0. The average Bonchev–Trinajstić information content (AvgIpc) is 2.68. The van der Waals surface area contributed by atoms with E-state index in [9.17, 15) is 0 Å². The van der Waals surface area contributed by atoms with Gasteiger partial charge in [0.1, 0.15) is 11.6 Å². The Bertz CT molecular complexity index is 970. The monoisotopic (exact) mass is 374 g/mol.